The monoisotopic (exact) mass is 647 g/mol. The molecule has 46 heavy (non-hydrogen) atoms. The van der Waals surface area contributed by atoms with Crippen molar-refractivity contribution in [1.29, 1.82) is 0 Å². The molecule has 0 aliphatic heterocycles. The fourth-order valence-electron chi connectivity index (χ4n) is 6.61. The molecule has 1 aliphatic rings. The summed E-state index contributed by atoms with van der Waals surface area (Å²) in [5, 5.41) is 20.4. The van der Waals surface area contributed by atoms with Crippen LogP contribution in [0.15, 0.2) is 104 Å². The molecule has 0 saturated heterocycles. The highest BCUT2D eigenvalue weighted by Crippen LogP contribution is 2.45. The predicted molar refractivity (Wildman–Crippen MR) is 187 cm³/mol. The molecule has 1 saturated carbocycles. The molecule has 10 heteroatoms. The van der Waals surface area contributed by atoms with Gasteiger partial charge in [-0.3, -0.25) is 9.08 Å². The lowest BCUT2D eigenvalue weighted by atomic mass is 9.80. The van der Waals surface area contributed by atoms with E-state index >= 15 is 0 Å². The summed E-state index contributed by atoms with van der Waals surface area (Å²) >= 11 is 6.21. The van der Waals surface area contributed by atoms with Gasteiger partial charge < -0.3 is 9.74 Å². The standard InChI is InChI=1S/C36H38ClN7OSi/c1-35(2,3)46(29-12-7-5-8-13-29,30-14-9-6-10-15-30)45-36(20-11-21-36)25-38-34-42-41-33-32(27-22-39-43(4)23-27)40-31(24-44(33)34)26-16-18-28(37)19-17-26/h5-10,12-19,22-24H,11,20-21,25H2,1-4H3,(H,38,42). The molecule has 3 heterocycles. The van der Waals surface area contributed by atoms with Crippen LogP contribution >= 0.6 is 11.6 Å². The molecule has 0 unspecified atom stereocenters. The van der Waals surface area contributed by atoms with Crippen LogP contribution in [-0.4, -0.2) is 49.8 Å². The van der Waals surface area contributed by atoms with Crippen LogP contribution in [0, 0.1) is 0 Å². The van der Waals surface area contributed by atoms with Crippen LogP contribution in [-0.2, 0) is 11.5 Å². The number of fused-ring (bicyclic) bond motifs is 1. The van der Waals surface area contributed by atoms with Gasteiger partial charge in [-0.25, -0.2) is 4.98 Å². The molecule has 0 radical (unpaired) electrons. The summed E-state index contributed by atoms with van der Waals surface area (Å²) in [7, 11) is -0.858. The first-order chi connectivity index (χ1) is 22.2. The largest absolute Gasteiger partial charge is 0.400 e. The summed E-state index contributed by atoms with van der Waals surface area (Å²) in [5.41, 5.74) is 3.61. The van der Waals surface area contributed by atoms with Crippen molar-refractivity contribution in [2.45, 2.75) is 50.7 Å². The van der Waals surface area contributed by atoms with Crippen molar-refractivity contribution >= 4 is 41.9 Å². The molecule has 0 atom stereocenters. The maximum absolute atomic E-state index is 7.69. The summed E-state index contributed by atoms with van der Waals surface area (Å²) < 4.78 is 11.5. The SMILES string of the molecule is Cn1cc(-c2nc(-c3ccc(Cl)cc3)cn3c(NCC4(O[Si](c5ccccc5)(c5ccccc5)C(C)(C)C)CCC4)nnc23)cn1. The lowest BCUT2D eigenvalue weighted by Gasteiger charge is -2.53. The first-order valence-corrected chi connectivity index (χ1v) is 18.0. The average Bonchev–Trinajstić information content (AvgIpc) is 3.67. The van der Waals surface area contributed by atoms with Gasteiger partial charge in [-0.1, -0.05) is 105 Å². The van der Waals surface area contributed by atoms with Crippen molar-refractivity contribution in [1.82, 2.24) is 29.4 Å². The second-order valence-electron chi connectivity index (χ2n) is 13.3. The second-order valence-corrected chi connectivity index (χ2v) is 17.9. The normalized spacial score (nSPS) is 14.7. The van der Waals surface area contributed by atoms with Gasteiger partial charge in [-0.05, 0) is 46.8 Å². The Morgan fingerprint density at radius 1 is 0.870 bits per heavy atom. The number of anilines is 1. The lowest BCUT2D eigenvalue weighted by Crippen LogP contribution is -2.71. The number of benzene rings is 3. The van der Waals surface area contributed by atoms with E-state index in [4.69, 9.17) is 21.0 Å². The Kier molecular flexibility index (Phi) is 7.79. The number of rotatable bonds is 9. The van der Waals surface area contributed by atoms with E-state index in [-0.39, 0.29) is 10.6 Å². The molecular weight excluding hydrogens is 610 g/mol. The summed E-state index contributed by atoms with van der Waals surface area (Å²) in [6, 6.07) is 29.4. The van der Waals surface area contributed by atoms with Gasteiger partial charge in [0.1, 0.15) is 5.69 Å². The highest BCUT2D eigenvalue weighted by molar-refractivity contribution is 6.99. The number of halogens is 1. The molecular formula is C36H38ClN7OSi. The van der Waals surface area contributed by atoms with E-state index in [0.717, 1.165) is 36.1 Å². The Morgan fingerprint density at radius 2 is 1.52 bits per heavy atom. The number of aryl methyl sites for hydroxylation is 1. The number of hydrogen-bond acceptors (Lipinski definition) is 6. The Balaban J connectivity index is 1.28. The van der Waals surface area contributed by atoms with Crippen LogP contribution in [0.25, 0.3) is 28.2 Å². The highest BCUT2D eigenvalue weighted by atomic mass is 35.5. The zero-order valence-electron chi connectivity index (χ0n) is 26.6. The van der Waals surface area contributed by atoms with E-state index in [1.54, 1.807) is 10.9 Å². The van der Waals surface area contributed by atoms with Gasteiger partial charge in [0.2, 0.25) is 5.95 Å². The predicted octanol–water partition coefficient (Wildman–Crippen LogP) is 6.76. The van der Waals surface area contributed by atoms with Gasteiger partial charge in [-0.2, -0.15) is 5.10 Å². The van der Waals surface area contributed by atoms with Crippen LogP contribution in [0.5, 0.6) is 0 Å². The van der Waals surface area contributed by atoms with Crippen molar-refractivity contribution in [2.75, 3.05) is 11.9 Å². The topological polar surface area (TPSA) is 82.2 Å². The van der Waals surface area contributed by atoms with Crippen LogP contribution in [0.4, 0.5) is 5.95 Å². The smallest absolute Gasteiger partial charge is 0.261 e. The fourth-order valence-corrected chi connectivity index (χ4v) is 11.6. The zero-order valence-corrected chi connectivity index (χ0v) is 28.4. The molecule has 1 N–H and O–H groups in total. The zero-order chi connectivity index (χ0) is 31.9. The summed E-state index contributed by atoms with van der Waals surface area (Å²) in [6.45, 7) is 7.60. The third-order valence-electron chi connectivity index (χ3n) is 9.13. The third-order valence-corrected chi connectivity index (χ3v) is 14.5. The first-order valence-electron chi connectivity index (χ1n) is 15.7. The van der Waals surface area contributed by atoms with Gasteiger partial charge in [0, 0.05) is 42.1 Å². The third kappa shape index (κ3) is 5.42. The highest BCUT2D eigenvalue weighted by Gasteiger charge is 2.56. The molecule has 3 aromatic heterocycles. The molecule has 3 aromatic carbocycles. The Bertz CT molecular complexity index is 1920. The first kappa shape index (κ1) is 30.3. The Hall–Kier alpha value is -4.31. The van der Waals surface area contributed by atoms with Gasteiger partial charge >= 0.3 is 0 Å². The maximum Gasteiger partial charge on any atom is 0.261 e. The number of nitrogens with one attached hydrogen (secondary N) is 1. The van der Waals surface area contributed by atoms with Crippen LogP contribution in [0.2, 0.25) is 10.1 Å². The number of aromatic nitrogens is 6. The fraction of sp³-hybridized carbons (Fsp3) is 0.278. The van der Waals surface area contributed by atoms with Crippen molar-refractivity contribution in [2.24, 2.45) is 7.05 Å². The second kappa shape index (κ2) is 11.8. The number of hydrogen-bond donors (Lipinski definition) is 1. The summed E-state index contributed by atoms with van der Waals surface area (Å²) in [4.78, 5) is 5.01. The van der Waals surface area contributed by atoms with Crippen molar-refractivity contribution < 1.29 is 4.43 Å². The Labute approximate surface area is 275 Å². The van der Waals surface area contributed by atoms with Crippen LogP contribution < -0.4 is 15.7 Å². The molecule has 0 amide bonds. The van der Waals surface area contributed by atoms with E-state index < -0.39 is 8.32 Å². The quantitative estimate of drug-likeness (QED) is 0.175. The van der Waals surface area contributed by atoms with Crippen molar-refractivity contribution in [3.63, 3.8) is 0 Å². The molecule has 8 nitrogen and oxygen atoms in total. The lowest BCUT2D eigenvalue weighted by molar-refractivity contribution is -0.00407. The molecule has 0 spiro atoms. The van der Waals surface area contributed by atoms with E-state index in [1.165, 1.54) is 10.4 Å². The average molecular weight is 648 g/mol. The van der Waals surface area contributed by atoms with E-state index in [0.29, 0.717) is 28.9 Å². The van der Waals surface area contributed by atoms with E-state index in [1.807, 2.05) is 48.1 Å². The molecule has 1 fully saturated rings. The van der Waals surface area contributed by atoms with Crippen LogP contribution in [0.1, 0.15) is 40.0 Å². The minimum absolute atomic E-state index is 0.113. The van der Waals surface area contributed by atoms with E-state index in [9.17, 15) is 0 Å². The van der Waals surface area contributed by atoms with Gasteiger partial charge in [0.25, 0.3) is 8.32 Å². The van der Waals surface area contributed by atoms with Gasteiger partial charge in [-0.15, -0.1) is 10.2 Å². The molecule has 0 bridgehead atoms. The van der Waals surface area contributed by atoms with Gasteiger partial charge in [0.15, 0.2) is 5.65 Å². The molecule has 1 aliphatic carbocycles. The molecule has 6 aromatic rings. The molecule has 234 valence electrons. The van der Waals surface area contributed by atoms with Crippen molar-refractivity contribution in [3.8, 4) is 22.5 Å². The minimum atomic E-state index is -2.75. The molecule has 7 rings (SSSR count). The Morgan fingerprint density at radius 3 is 2.07 bits per heavy atom. The van der Waals surface area contributed by atoms with Crippen LogP contribution in [0.3, 0.4) is 0 Å². The van der Waals surface area contributed by atoms with Crippen molar-refractivity contribution in [3.05, 3.63) is 109 Å². The minimum Gasteiger partial charge on any atom is -0.400 e. The van der Waals surface area contributed by atoms with E-state index in [2.05, 4.69) is 102 Å². The maximum atomic E-state index is 7.69. The summed E-state index contributed by atoms with van der Waals surface area (Å²) in [5.74, 6) is 0.648. The summed E-state index contributed by atoms with van der Waals surface area (Å²) in [6.07, 6.45) is 8.79. The number of nitrogens with zero attached hydrogens (tertiary/aromatic N) is 6. The van der Waals surface area contributed by atoms with Gasteiger partial charge in [0.05, 0.1) is 17.5 Å².